The first kappa shape index (κ1) is 19.7. The molecular weight excluding hydrogens is 405 g/mol. The van der Waals surface area contributed by atoms with Gasteiger partial charge < -0.3 is 15.4 Å². The molecule has 10 heteroatoms. The van der Waals surface area contributed by atoms with Crippen molar-refractivity contribution in [2.75, 3.05) is 17.7 Å². The molecule has 0 fully saturated rings. The summed E-state index contributed by atoms with van der Waals surface area (Å²) in [7, 11) is 1.51. The Morgan fingerprint density at radius 3 is 2.32 bits per heavy atom. The lowest BCUT2D eigenvalue weighted by atomic mass is 10.2. The summed E-state index contributed by atoms with van der Waals surface area (Å²) in [6, 6.07) is 10.2. The third kappa shape index (κ3) is 4.24. The number of aromatic nitrogens is 2. The number of nitrogens with zero attached hydrogens (tertiary/aromatic N) is 3. The van der Waals surface area contributed by atoms with Crippen molar-refractivity contribution >= 4 is 51.9 Å². The van der Waals surface area contributed by atoms with E-state index in [1.807, 2.05) is 13.0 Å². The molecule has 0 atom stereocenters. The molecule has 0 spiro atoms. The number of anilines is 4. The minimum Gasteiger partial charge on any atom is -0.495 e. The highest BCUT2D eigenvalue weighted by Gasteiger charge is 2.24. The van der Waals surface area contributed by atoms with Crippen LogP contribution in [0.2, 0.25) is 10.0 Å². The van der Waals surface area contributed by atoms with Crippen LogP contribution >= 0.6 is 23.2 Å². The SMILES string of the molecule is COc1ccc(C)cc1Nc1ncnc(Nc2ccc(Cl)cc2Cl)c1[N+](=O)[O-]. The van der Waals surface area contributed by atoms with Crippen LogP contribution in [0.15, 0.2) is 42.7 Å². The Bertz CT molecular complexity index is 1050. The second-order valence-corrected chi connectivity index (χ2v) is 6.60. The van der Waals surface area contributed by atoms with Crippen LogP contribution in [-0.4, -0.2) is 22.0 Å². The fraction of sp³-hybridized carbons (Fsp3) is 0.111. The smallest absolute Gasteiger partial charge is 0.353 e. The van der Waals surface area contributed by atoms with E-state index in [0.717, 1.165) is 5.56 Å². The highest BCUT2D eigenvalue weighted by Crippen LogP contribution is 2.37. The Morgan fingerprint density at radius 1 is 1.04 bits per heavy atom. The van der Waals surface area contributed by atoms with Gasteiger partial charge in [-0.05, 0) is 42.8 Å². The Kier molecular flexibility index (Phi) is 5.81. The number of halogens is 2. The van der Waals surface area contributed by atoms with E-state index in [0.29, 0.717) is 27.2 Å². The summed E-state index contributed by atoms with van der Waals surface area (Å²) in [6.07, 6.45) is 1.21. The fourth-order valence-corrected chi connectivity index (χ4v) is 2.96. The standard InChI is InChI=1S/C18H15Cl2N5O3/c1-10-3-6-15(28-2)14(7-10)24-18-16(25(26)27)17(21-9-22-18)23-13-5-4-11(19)8-12(13)20/h3-9H,1-2H3,(H2,21,22,23,24). The molecule has 2 aromatic carbocycles. The third-order valence-electron chi connectivity index (χ3n) is 3.80. The average Bonchev–Trinajstić information content (AvgIpc) is 2.64. The van der Waals surface area contributed by atoms with Crippen molar-refractivity contribution in [3.63, 3.8) is 0 Å². The van der Waals surface area contributed by atoms with Crippen LogP contribution in [0, 0.1) is 17.0 Å². The van der Waals surface area contributed by atoms with Gasteiger partial charge >= 0.3 is 5.69 Å². The van der Waals surface area contributed by atoms with Crippen molar-refractivity contribution in [1.29, 1.82) is 0 Å². The second kappa shape index (κ2) is 8.28. The molecule has 0 saturated heterocycles. The number of benzene rings is 2. The number of nitro groups is 1. The molecular formula is C18H15Cl2N5O3. The number of hydrogen-bond acceptors (Lipinski definition) is 7. The molecule has 0 radical (unpaired) electrons. The summed E-state index contributed by atoms with van der Waals surface area (Å²) in [5, 5.41) is 18.3. The molecule has 28 heavy (non-hydrogen) atoms. The van der Waals surface area contributed by atoms with Crippen LogP contribution in [0.4, 0.5) is 28.7 Å². The van der Waals surface area contributed by atoms with Crippen molar-refractivity contribution < 1.29 is 9.66 Å². The van der Waals surface area contributed by atoms with Crippen molar-refractivity contribution in [1.82, 2.24) is 9.97 Å². The van der Waals surface area contributed by atoms with Gasteiger partial charge in [-0.1, -0.05) is 29.3 Å². The zero-order chi connectivity index (χ0) is 20.3. The van der Waals surface area contributed by atoms with Gasteiger partial charge in [0, 0.05) is 5.02 Å². The molecule has 0 bridgehead atoms. The van der Waals surface area contributed by atoms with E-state index in [1.165, 1.54) is 19.5 Å². The highest BCUT2D eigenvalue weighted by atomic mass is 35.5. The summed E-state index contributed by atoms with van der Waals surface area (Å²) >= 11 is 12.0. The summed E-state index contributed by atoms with van der Waals surface area (Å²) in [6.45, 7) is 1.90. The van der Waals surface area contributed by atoms with Crippen LogP contribution in [0.3, 0.4) is 0 Å². The lowest BCUT2D eigenvalue weighted by Crippen LogP contribution is -2.06. The number of hydrogen-bond donors (Lipinski definition) is 2. The molecule has 0 unspecified atom stereocenters. The zero-order valence-corrected chi connectivity index (χ0v) is 16.4. The Hall–Kier alpha value is -3.10. The van der Waals surface area contributed by atoms with Gasteiger partial charge in [-0.3, -0.25) is 10.1 Å². The molecule has 1 aromatic heterocycles. The van der Waals surface area contributed by atoms with Crippen LogP contribution in [0.25, 0.3) is 0 Å². The van der Waals surface area contributed by atoms with E-state index in [-0.39, 0.29) is 17.3 Å². The summed E-state index contributed by atoms with van der Waals surface area (Å²) < 4.78 is 5.30. The summed E-state index contributed by atoms with van der Waals surface area (Å²) in [4.78, 5) is 19.2. The van der Waals surface area contributed by atoms with Crippen LogP contribution in [0.5, 0.6) is 5.75 Å². The van der Waals surface area contributed by atoms with E-state index in [1.54, 1.807) is 24.3 Å². The number of aryl methyl sites for hydroxylation is 1. The molecule has 3 rings (SSSR count). The van der Waals surface area contributed by atoms with E-state index >= 15 is 0 Å². The quantitative estimate of drug-likeness (QED) is 0.401. The number of rotatable bonds is 6. The third-order valence-corrected chi connectivity index (χ3v) is 4.34. The van der Waals surface area contributed by atoms with Crippen molar-refractivity contribution in [3.8, 4) is 5.75 Å². The molecule has 3 aromatic rings. The van der Waals surface area contributed by atoms with Gasteiger partial charge in [0.25, 0.3) is 0 Å². The van der Waals surface area contributed by atoms with E-state index in [4.69, 9.17) is 27.9 Å². The highest BCUT2D eigenvalue weighted by molar-refractivity contribution is 6.36. The molecule has 0 saturated carbocycles. The van der Waals surface area contributed by atoms with Crippen molar-refractivity contribution in [2.45, 2.75) is 6.92 Å². The van der Waals surface area contributed by atoms with Gasteiger partial charge in [-0.15, -0.1) is 0 Å². The fourth-order valence-electron chi connectivity index (χ4n) is 2.50. The van der Waals surface area contributed by atoms with Crippen molar-refractivity contribution in [3.05, 3.63) is 68.4 Å². The zero-order valence-electron chi connectivity index (χ0n) is 14.9. The molecule has 0 aliphatic rings. The van der Waals surface area contributed by atoms with Gasteiger partial charge in [0.2, 0.25) is 11.6 Å². The largest absolute Gasteiger partial charge is 0.495 e. The first-order valence-corrected chi connectivity index (χ1v) is 8.77. The van der Waals surface area contributed by atoms with Crippen LogP contribution < -0.4 is 15.4 Å². The van der Waals surface area contributed by atoms with Crippen LogP contribution in [-0.2, 0) is 0 Å². The Balaban J connectivity index is 2.03. The molecule has 144 valence electrons. The molecule has 0 aliphatic carbocycles. The topological polar surface area (TPSA) is 102 Å². The first-order valence-electron chi connectivity index (χ1n) is 8.02. The van der Waals surface area contributed by atoms with Crippen LogP contribution in [0.1, 0.15) is 5.56 Å². The maximum atomic E-state index is 11.7. The van der Waals surface area contributed by atoms with Gasteiger partial charge in [-0.2, -0.15) is 0 Å². The van der Waals surface area contributed by atoms with E-state index in [2.05, 4.69) is 20.6 Å². The van der Waals surface area contributed by atoms with Gasteiger partial charge in [-0.25, -0.2) is 9.97 Å². The second-order valence-electron chi connectivity index (χ2n) is 5.75. The molecule has 0 aliphatic heterocycles. The van der Waals surface area contributed by atoms with E-state index < -0.39 is 4.92 Å². The van der Waals surface area contributed by atoms with E-state index in [9.17, 15) is 10.1 Å². The maximum absolute atomic E-state index is 11.7. The summed E-state index contributed by atoms with van der Waals surface area (Å²) in [5.41, 5.74) is 1.58. The minimum atomic E-state index is -0.573. The monoisotopic (exact) mass is 419 g/mol. The van der Waals surface area contributed by atoms with Gasteiger partial charge in [0.15, 0.2) is 0 Å². The first-order chi connectivity index (χ1) is 13.4. The number of ether oxygens (including phenoxy) is 1. The predicted octanol–water partition coefficient (Wildman–Crippen LogP) is 5.50. The maximum Gasteiger partial charge on any atom is 0.353 e. The van der Waals surface area contributed by atoms with Gasteiger partial charge in [0.05, 0.1) is 28.4 Å². The summed E-state index contributed by atoms with van der Waals surface area (Å²) in [5.74, 6) is 0.517. The van der Waals surface area contributed by atoms with Gasteiger partial charge in [0.1, 0.15) is 12.1 Å². The molecule has 8 nitrogen and oxygen atoms in total. The average molecular weight is 420 g/mol. The molecule has 0 amide bonds. The predicted molar refractivity (Wildman–Crippen MR) is 109 cm³/mol. The molecule has 1 heterocycles. The normalized spacial score (nSPS) is 10.4. The number of nitrogens with one attached hydrogen (secondary N) is 2. The lowest BCUT2D eigenvalue weighted by Gasteiger charge is -2.13. The minimum absolute atomic E-state index is 0.0106. The molecule has 2 N–H and O–H groups in total. The Labute approximate surface area is 170 Å². The lowest BCUT2D eigenvalue weighted by molar-refractivity contribution is -0.383. The Morgan fingerprint density at radius 2 is 1.71 bits per heavy atom. The number of methoxy groups -OCH3 is 1. The van der Waals surface area contributed by atoms with Crippen molar-refractivity contribution in [2.24, 2.45) is 0 Å².